The van der Waals surface area contributed by atoms with Crippen LogP contribution < -0.4 is 0 Å². The predicted octanol–water partition coefficient (Wildman–Crippen LogP) is 24.9. The predicted molar refractivity (Wildman–Crippen MR) is 418 cm³/mol. The molecule has 0 aliphatic heterocycles. The lowest BCUT2D eigenvalue weighted by atomic mass is 10.0. The second-order valence-corrected chi connectivity index (χ2v) is 34.2. The molecule has 0 aromatic rings. The van der Waals surface area contributed by atoms with E-state index in [0.717, 1.165) is 108 Å². The summed E-state index contributed by atoms with van der Waals surface area (Å²) in [6.07, 6.45) is 62.4. The van der Waals surface area contributed by atoms with E-state index in [0.29, 0.717) is 25.7 Å². The highest BCUT2D eigenvalue weighted by Gasteiger charge is 2.30. The van der Waals surface area contributed by atoms with Gasteiger partial charge in [-0.05, 0) is 43.4 Å². The molecule has 17 nitrogen and oxygen atoms in total. The van der Waals surface area contributed by atoms with Gasteiger partial charge < -0.3 is 33.8 Å². The van der Waals surface area contributed by atoms with Gasteiger partial charge in [0.05, 0.1) is 26.4 Å². The van der Waals surface area contributed by atoms with Gasteiger partial charge in [0.15, 0.2) is 12.2 Å². The normalized spacial score (nSPS) is 13.9. The van der Waals surface area contributed by atoms with E-state index in [1.54, 1.807) is 0 Å². The molecule has 0 fully saturated rings. The number of ether oxygens (including phenoxy) is 4. The molecule has 0 aliphatic rings. The number of carbonyl (C=O) groups is 4. The number of carbonyl (C=O) groups excluding carboxylic acids is 4. The summed E-state index contributed by atoms with van der Waals surface area (Å²) >= 11 is 0. The van der Waals surface area contributed by atoms with Crippen molar-refractivity contribution in [2.24, 2.45) is 17.8 Å². The first-order valence-electron chi connectivity index (χ1n) is 42.8. The fourth-order valence-electron chi connectivity index (χ4n) is 12.8. The Balaban J connectivity index is 5.26. The molecule has 3 N–H and O–H groups in total. The minimum atomic E-state index is -4.96. The smallest absolute Gasteiger partial charge is 0.462 e. The number of rotatable bonds is 81. The van der Waals surface area contributed by atoms with E-state index < -0.39 is 97.5 Å². The average Bonchev–Trinajstić information content (AvgIpc) is 0.923. The van der Waals surface area contributed by atoms with E-state index in [2.05, 4.69) is 48.5 Å². The van der Waals surface area contributed by atoms with Crippen molar-refractivity contribution < 1.29 is 80.2 Å². The van der Waals surface area contributed by atoms with Crippen molar-refractivity contribution in [2.45, 2.75) is 452 Å². The maximum Gasteiger partial charge on any atom is 0.472 e. The van der Waals surface area contributed by atoms with Gasteiger partial charge in [0.1, 0.15) is 19.3 Å². The van der Waals surface area contributed by atoms with Crippen molar-refractivity contribution in [1.29, 1.82) is 0 Å². The fourth-order valence-corrected chi connectivity index (χ4v) is 14.4. The largest absolute Gasteiger partial charge is 0.472 e. The van der Waals surface area contributed by atoms with Crippen molar-refractivity contribution in [2.75, 3.05) is 39.6 Å². The summed E-state index contributed by atoms with van der Waals surface area (Å²) in [5.74, 6) is 0.212. The summed E-state index contributed by atoms with van der Waals surface area (Å²) in [6.45, 7) is 12.0. The van der Waals surface area contributed by atoms with Crippen LogP contribution in [0.5, 0.6) is 0 Å². The van der Waals surface area contributed by atoms with Gasteiger partial charge in [-0.25, -0.2) is 9.13 Å². The molecule has 0 aromatic carbocycles. The molecular weight excluding hydrogens is 1330 g/mol. The van der Waals surface area contributed by atoms with Crippen LogP contribution >= 0.6 is 15.6 Å². The topological polar surface area (TPSA) is 237 Å². The second kappa shape index (κ2) is 73.2. The van der Waals surface area contributed by atoms with Gasteiger partial charge in [0.2, 0.25) is 0 Å². The standard InChI is InChI=1S/C83H162O17P2/c1-8-9-10-11-12-13-14-15-16-17-21-24-27-36-43-50-57-64-80(85)93-70-78(99-82(87)66-59-52-45-38-28-25-22-19-18-20-23-26-33-40-47-54-61-74(2)3)72-97-101(89,90)95-68-77(84)69-96-102(91,92)98-73-79(100-83(88)67-60-53-46-39-32-30-35-42-49-56-63-76(6)7)71-94-81(86)65-58-51-44-37-31-29-34-41-48-55-62-75(4)5/h74-79,84H,8-73H2,1-7H3,(H,89,90)(H,91,92)/t77-,78-,79-/m1/s1. The number of unbranched alkanes of at least 4 members (excludes halogenated alkanes) is 49. The Hall–Kier alpha value is -1.94. The molecule has 19 heteroatoms. The molecule has 0 amide bonds. The molecule has 2 unspecified atom stereocenters. The van der Waals surface area contributed by atoms with Crippen LogP contribution in [0.1, 0.15) is 434 Å². The van der Waals surface area contributed by atoms with Crippen LogP contribution in [-0.2, 0) is 65.4 Å². The van der Waals surface area contributed by atoms with E-state index in [9.17, 15) is 43.2 Å². The summed E-state index contributed by atoms with van der Waals surface area (Å²) in [4.78, 5) is 73.1. The quantitative estimate of drug-likeness (QED) is 0.0222. The first-order chi connectivity index (χ1) is 49.2. The Morgan fingerprint density at radius 1 is 0.265 bits per heavy atom. The number of aliphatic hydroxyl groups excluding tert-OH is 1. The lowest BCUT2D eigenvalue weighted by Crippen LogP contribution is -2.30. The van der Waals surface area contributed by atoms with Crippen LogP contribution in [-0.4, -0.2) is 96.7 Å². The molecule has 0 radical (unpaired) electrons. The van der Waals surface area contributed by atoms with E-state index in [-0.39, 0.29) is 25.7 Å². The molecule has 0 bridgehead atoms. The Morgan fingerprint density at radius 3 is 0.667 bits per heavy atom. The van der Waals surface area contributed by atoms with Gasteiger partial charge >= 0.3 is 39.5 Å². The summed E-state index contributed by atoms with van der Waals surface area (Å²) in [7, 11) is -9.93. The molecule has 102 heavy (non-hydrogen) atoms. The van der Waals surface area contributed by atoms with Crippen LogP contribution in [0.2, 0.25) is 0 Å². The molecule has 0 heterocycles. The van der Waals surface area contributed by atoms with Crippen LogP contribution in [0.25, 0.3) is 0 Å². The van der Waals surface area contributed by atoms with E-state index in [1.807, 2.05) is 0 Å². The first kappa shape index (κ1) is 100. The van der Waals surface area contributed by atoms with Crippen molar-refractivity contribution in [1.82, 2.24) is 0 Å². The van der Waals surface area contributed by atoms with E-state index in [4.69, 9.17) is 37.0 Å². The van der Waals surface area contributed by atoms with Gasteiger partial charge in [-0.3, -0.25) is 37.3 Å². The third-order valence-corrected chi connectivity index (χ3v) is 21.3. The van der Waals surface area contributed by atoms with Crippen molar-refractivity contribution in [3.63, 3.8) is 0 Å². The Kier molecular flexibility index (Phi) is 71.8. The fraction of sp³-hybridized carbons (Fsp3) is 0.952. The lowest BCUT2D eigenvalue weighted by Gasteiger charge is -2.21. The second-order valence-electron chi connectivity index (χ2n) is 31.3. The zero-order valence-electron chi connectivity index (χ0n) is 67.1. The molecule has 0 spiro atoms. The van der Waals surface area contributed by atoms with E-state index in [1.165, 1.54) is 244 Å². The number of hydrogen-bond acceptors (Lipinski definition) is 15. The van der Waals surface area contributed by atoms with Crippen LogP contribution in [0, 0.1) is 17.8 Å². The van der Waals surface area contributed by atoms with Crippen molar-refractivity contribution >= 4 is 39.5 Å². The summed E-state index contributed by atoms with van der Waals surface area (Å²) in [6, 6.07) is 0. The number of hydrogen-bond donors (Lipinski definition) is 3. The number of phosphoric acid groups is 2. The molecule has 5 atom stereocenters. The molecule has 0 aromatic heterocycles. The van der Waals surface area contributed by atoms with Crippen molar-refractivity contribution in [3.8, 4) is 0 Å². The Morgan fingerprint density at radius 2 is 0.451 bits per heavy atom. The monoisotopic (exact) mass is 1490 g/mol. The average molecular weight is 1490 g/mol. The van der Waals surface area contributed by atoms with Gasteiger partial charge in [-0.2, -0.15) is 0 Å². The molecule has 0 saturated carbocycles. The summed E-state index contributed by atoms with van der Waals surface area (Å²) in [5, 5.41) is 10.7. The molecular formula is C83H162O17P2. The lowest BCUT2D eigenvalue weighted by molar-refractivity contribution is -0.161. The van der Waals surface area contributed by atoms with Gasteiger partial charge in [0, 0.05) is 25.7 Å². The maximum atomic E-state index is 13.1. The highest BCUT2D eigenvalue weighted by atomic mass is 31.2. The highest BCUT2D eigenvalue weighted by Crippen LogP contribution is 2.45. The van der Waals surface area contributed by atoms with Gasteiger partial charge in [-0.15, -0.1) is 0 Å². The summed E-state index contributed by atoms with van der Waals surface area (Å²) < 4.78 is 68.8. The SMILES string of the molecule is CCCCCCCCCCCCCCCCCCCC(=O)OC[C@H](COP(=O)(O)OC[C@@H](O)COP(=O)(O)OC[C@@H](COC(=O)CCCCCCCCCCCCC(C)C)OC(=O)CCCCCCCCCCCCC(C)C)OC(=O)CCCCCCCCCCCCCCCCCCC(C)C. The maximum absolute atomic E-state index is 13.1. The number of phosphoric ester groups is 2. The molecule has 0 aliphatic carbocycles. The first-order valence-corrected chi connectivity index (χ1v) is 45.8. The molecule has 606 valence electrons. The highest BCUT2D eigenvalue weighted by molar-refractivity contribution is 7.47. The third kappa shape index (κ3) is 76.3. The minimum Gasteiger partial charge on any atom is -0.462 e. The zero-order valence-corrected chi connectivity index (χ0v) is 68.9. The zero-order chi connectivity index (χ0) is 75.1. The van der Waals surface area contributed by atoms with Gasteiger partial charge in [-0.1, -0.05) is 382 Å². The Bertz CT molecular complexity index is 1970. The molecule has 0 rings (SSSR count). The number of aliphatic hydroxyl groups is 1. The van der Waals surface area contributed by atoms with Crippen molar-refractivity contribution in [3.05, 3.63) is 0 Å². The third-order valence-electron chi connectivity index (χ3n) is 19.4. The van der Waals surface area contributed by atoms with Gasteiger partial charge in [0.25, 0.3) is 0 Å². The van der Waals surface area contributed by atoms with Crippen LogP contribution in [0.15, 0.2) is 0 Å². The minimum absolute atomic E-state index is 0.106. The van der Waals surface area contributed by atoms with Crippen LogP contribution in [0.4, 0.5) is 0 Å². The number of esters is 4. The Labute approximate surface area is 626 Å². The van der Waals surface area contributed by atoms with E-state index >= 15 is 0 Å². The molecule has 0 saturated heterocycles. The summed E-state index contributed by atoms with van der Waals surface area (Å²) in [5.41, 5.74) is 0. The van der Waals surface area contributed by atoms with Crippen LogP contribution in [0.3, 0.4) is 0 Å².